The van der Waals surface area contributed by atoms with Gasteiger partial charge in [0.1, 0.15) is 65.2 Å². The first-order valence-electron chi connectivity index (χ1n) is 12.6. The van der Waals surface area contributed by atoms with E-state index in [4.69, 9.17) is 23.4 Å². The van der Waals surface area contributed by atoms with Crippen molar-refractivity contribution in [3.63, 3.8) is 0 Å². The molecule has 2 saturated heterocycles. The predicted octanol–water partition coefficient (Wildman–Crippen LogP) is -2.43. The first kappa shape index (κ1) is 29.8. The molecule has 1 aromatic heterocycles. The van der Waals surface area contributed by atoms with Gasteiger partial charge in [-0.05, 0) is 18.2 Å². The van der Waals surface area contributed by atoms with Crippen LogP contribution < -0.4 is 14.9 Å². The van der Waals surface area contributed by atoms with Gasteiger partial charge in [-0.2, -0.15) is 0 Å². The third-order valence-electron chi connectivity index (χ3n) is 6.91. The smallest absolute Gasteiger partial charge is 0.239 e. The Morgan fingerprint density at radius 3 is 2.26 bits per heavy atom. The van der Waals surface area contributed by atoms with Gasteiger partial charge in [-0.3, -0.25) is 4.79 Å². The summed E-state index contributed by atoms with van der Waals surface area (Å²) < 4.78 is 27.5. The van der Waals surface area contributed by atoms with E-state index in [1.165, 1.54) is 6.07 Å². The molecule has 10 N–H and O–H groups in total. The van der Waals surface area contributed by atoms with Crippen molar-refractivity contribution in [2.45, 2.75) is 55.3 Å². The number of hydrogen-bond acceptors (Lipinski definition) is 16. The molecule has 3 aromatic rings. The monoisotopic (exact) mass is 596 g/mol. The molecule has 9 atom stereocenters. The first-order valence-corrected chi connectivity index (χ1v) is 12.6. The summed E-state index contributed by atoms with van der Waals surface area (Å²) in [7, 11) is 0. The fourth-order valence-corrected chi connectivity index (χ4v) is 4.61. The molecule has 5 rings (SSSR count). The SMILES string of the molecule is O=c1c(O[C@@H]2O[C@H]([C@H](O)CO)[C@H](O)[C@H]2O)c(-c2ccc(O)c(O)c2)oc2cc(O[C@@H]3OC[C@H](O)[C@H](O)[C@H]3O)cc(O)c12. The van der Waals surface area contributed by atoms with Crippen LogP contribution in [0.4, 0.5) is 0 Å². The van der Waals surface area contributed by atoms with E-state index in [1.807, 2.05) is 0 Å². The minimum Gasteiger partial charge on any atom is -0.507 e. The molecule has 228 valence electrons. The minimum atomic E-state index is -1.81. The zero-order valence-electron chi connectivity index (χ0n) is 21.4. The number of hydrogen-bond donors (Lipinski definition) is 10. The van der Waals surface area contributed by atoms with Crippen molar-refractivity contribution in [1.29, 1.82) is 0 Å². The number of aliphatic hydroxyl groups excluding tert-OH is 7. The van der Waals surface area contributed by atoms with Gasteiger partial charge >= 0.3 is 0 Å². The van der Waals surface area contributed by atoms with Crippen molar-refractivity contribution in [2.75, 3.05) is 13.2 Å². The highest BCUT2D eigenvalue weighted by molar-refractivity contribution is 5.88. The Labute approximate surface area is 235 Å². The molecule has 0 radical (unpaired) electrons. The predicted molar refractivity (Wildman–Crippen MR) is 136 cm³/mol. The molecular weight excluding hydrogens is 568 g/mol. The lowest BCUT2D eigenvalue weighted by Crippen LogP contribution is -2.54. The molecule has 2 aromatic carbocycles. The normalized spacial score (nSPS) is 30.4. The van der Waals surface area contributed by atoms with Crippen LogP contribution in [0.5, 0.6) is 28.7 Å². The van der Waals surface area contributed by atoms with Gasteiger partial charge < -0.3 is 74.4 Å². The summed E-state index contributed by atoms with van der Waals surface area (Å²) in [5.41, 5.74) is -1.36. The van der Waals surface area contributed by atoms with Gasteiger partial charge in [0.25, 0.3) is 0 Å². The standard InChI is InChI=1S/C26H28O16/c27-6-13(31)23-19(35)21(37)26(41-23)42-24-18(34)16-12(30)4-9(39-25-20(36)17(33)14(32)7-38-25)5-15(16)40-22(24)8-1-2-10(28)11(29)3-8/h1-5,13-14,17,19-21,23,25-33,35-37H,6-7H2/t13-,14+,17+,19-,20-,21-,23-,25+,26+/m1/s1. The third kappa shape index (κ3) is 5.31. The number of fused-ring (bicyclic) bond motifs is 1. The molecule has 2 fully saturated rings. The van der Waals surface area contributed by atoms with E-state index < -0.39 is 101 Å². The average Bonchev–Trinajstić information content (AvgIpc) is 3.24. The molecule has 0 spiro atoms. The number of phenolic OH excluding ortho intramolecular Hbond substituents is 3. The Kier molecular flexibility index (Phi) is 8.17. The molecular formula is C26H28O16. The second kappa shape index (κ2) is 11.5. The molecule has 3 heterocycles. The van der Waals surface area contributed by atoms with Crippen LogP contribution in [0.15, 0.2) is 39.5 Å². The summed E-state index contributed by atoms with van der Waals surface area (Å²) in [6.45, 7) is -1.19. The average molecular weight is 596 g/mol. The highest BCUT2D eigenvalue weighted by atomic mass is 16.7. The van der Waals surface area contributed by atoms with Crippen molar-refractivity contribution in [3.8, 4) is 40.1 Å². The van der Waals surface area contributed by atoms with E-state index in [-0.39, 0.29) is 23.5 Å². The van der Waals surface area contributed by atoms with Gasteiger partial charge in [-0.1, -0.05) is 0 Å². The Hall–Kier alpha value is -3.71. The molecule has 2 aliphatic rings. The Morgan fingerprint density at radius 1 is 0.857 bits per heavy atom. The number of rotatable bonds is 7. The van der Waals surface area contributed by atoms with Gasteiger partial charge in [-0.25, -0.2) is 0 Å². The lowest BCUT2D eigenvalue weighted by Gasteiger charge is -2.34. The van der Waals surface area contributed by atoms with Gasteiger partial charge in [0.2, 0.25) is 23.8 Å². The zero-order valence-corrected chi connectivity index (χ0v) is 21.4. The second-order valence-electron chi connectivity index (χ2n) is 9.79. The van der Waals surface area contributed by atoms with E-state index in [1.54, 1.807) is 0 Å². The molecule has 0 bridgehead atoms. The van der Waals surface area contributed by atoms with E-state index >= 15 is 0 Å². The van der Waals surface area contributed by atoms with Crippen molar-refractivity contribution >= 4 is 11.0 Å². The summed E-state index contributed by atoms with van der Waals surface area (Å²) in [5.74, 6) is -3.08. The van der Waals surface area contributed by atoms with Gasteiger partial charge in [0, 0.05) is 17.7 Å². The van der Waals surface area contributed by atoms with E-state index in [0.29, 0.717) is 0 Å². The maximum absolute atomic E-state index is 13.7. The maximum atomic E-state index is 13.7. The second-order valence-corrected chi connectivity index (χ2v) is 9.79. The minimum absolute atomic E-state index is 0.0340. The van der Waals surface area contributed by atoms with Crippen LogP contribution >= 0.6 is 0 Å². The van der Waals surface area contributed by atoms with Crippen LogP contribution in [-0.4, -0.2) is 120 Å². The van der Waals surface area contributed by atoms with Crippen LogP contribution in [0, 0.1) is 0 Å². The summed E-state index contributed by atoms with van der Waals surface area (Å²) in [5, 5.41) is 99.7. The van der Waals surface area contributed by atoms with Gasteiger partial charge in [-0.15, -0.1) is 0 Å². The van der Waals surface area contributed by atoms with Crippen LogP contribution in [-0.2, 0) is 9.47 Å². The van der Waals surface area contributed by atoms with Crippen molar-refractivity contribution in [1.82, 2.24) is 0 Å². The van der Waals surface area contributed by atoms with E-state index in [9.17, 15) is 55.9 Å². The number of benzene rings is 2. The topological polar surface area (TPSA) is 269 Å². The molecule has 42 heavy (non-hydrogen) atoms. The van der Waals surface area contributed by atoms with E-state index in [0.717, 1.165) is 24.3 Å². The quantitative estimate of drug-likeness (QED) is 0.127. The Morgan fingerprint density at radius 2 is 1.57 bits per heavy atom. The fourth-order valence-electron chi connectivity index (χ4n) is 4.61. The molecule has 0 unspecified atom stereocenters. The summed E-state index contributed by atoms with van der Waals surface area (Å²) >= 11 is 0. The van der Waals surface area contributed by atoms with Crippen molar-refractivity contribution in [2.24, 2.45) is 0 Å². The van der Waals surface area contributed by atoms with Crippen molar-refractivity contribution < 1.29 is 74.4 Å². The summed E-state index contributed by atoms with van der Waals surface area (Å²) in [6, 6.07) is 5.45. The molecule has 0 saturated carbocycles. The van der Waals surface area contributed by atoms with Crippen LogP contribution in [0.2, 0.25) is 0 Å². The molecule has 2 aliphatic heterocycles. The van der Waals surface area contributed by atoms with Crippen molar-refractivity contribution in [3.05, 3.63) is 40.6 Å². The zero-order chi connectivity index (χ0) is 30.5. The van der Waals surface area contributed by atoms with E-state index in [2.05, 4.69) is 0 Å². The Balaban J connectivity index is 1.59. The summed E-state index contributed by atoms with van der Waals surface area (Å²) in [6.07, 6.45) is -14.5. The highest BCUT2D eigenvalue weighted by Gasteiger charge is 2.48. The third-order valence-corrected chi connectivity index (χ3v) is 6.91. The van der Waals surface area contributed by atoms with Crippen LogP contribution in [0.1, 0.15) is 0 Å². The molecule has 16 heteroatoms. The van der Waals surface area contributed by atoms with Gasteiger partial charge in [0.05, 0.1) is 13.2 Å². The van der Waals surface area contributed by atoms with Crippen LogP contribution in [0.3, 0.4) is 0 Å². The molecule has 0 aliphatic carbocycles. The lowest BCUT2D eigenvalue weighted by atomic mass is 10.1. The number of ether oxygens (including phenoxy) is 4. The van der Waals surface area contributed by atoms with Crippen LogP contribution in [0.25, 0.3) is 22.3 Å². The fraction of sp³-hybridized carbons (Fsp3) is 0.423. The number of aliphatic hydroxyl groups is 7. The summed E-state index contributed by atoms with van der Waals surface area (Å²) in [4.78, 5) is 13.7. The highest BCUT2D eigenvalue weighted by Crippen LogP contribution is 2.40. The first-order chi connectivity index (χ1) is 19.9. The Bertz CT molecular complexity index is 1510. The number of aromatic hydroxyl groups is 3. The largest absolute Gasteiger partial charge is 0.507 e. The molecule has 16 nitrogen and oxygen atoms in total. The number of phenols is 3. The van der Waals surface area contributed by atoms with Gasteiger partial charge in [0.15, 0.2) is 17.3 Å². The molecule has 0 amide bonds. The maximum Gasteiger partial charge on any atom is 0.239 e. The lowest BCUT2D eigenvalue weighted by molar-refractivity contribution is -0.242.